The molecule has 6 aromatic rings. The standard InChI is InChI=1S/C37H31N3O2S/c1-28-21-23-32(24-22-28)43(41,42)40-26-34(33-19-11-12-20-35(33)40)37(31-17-9-4-10-18-31)27-39(25-29-13-5-2-6-14-29)36(38-37)30-15-7-3-8-16-30/h2-24,26H,25,27H2,1H3. The summed E-state index contributed by atoms with van der Waals surface area (Å²) in [4.78, 5) is 8.14. The first-order valence-corrected chi connectivity index (χ1v) is 15.8. The Kier molecular flexibility index (Phi) is 6.71. The summed E-state index contributed by atoms with van der Waals surface area (Å²) >= 11 is 0. The summed E-state index contributed by atoms with van der Waals surface area (Å²) in [5.41, 5.74) is 4.85. The van der Waals surface area contributed by atoms with Crippen LogP contribution in [-0.4, -0.2) is 29.7 Å². The van der Waals surface area contributed by atoms with Crippen LogP contribution in [0, 0.1) is 6.92 Å². The number of hydrogen-bond donors (Lipinski definition) is 0. The molecule has 7 rings (SSSR count). The summed E-state index contributed by atoms with van der Waals surface area (Å²) in [6.07, 6.45) is 1.80. The van der Waals surface area contributed by atoms with E-state index in [0.717, 1.165) is 33.5 Å². The van der Waals surface area contributed by atoms with E-state index in [1.165, 1.54) is 9.54 Å². The molecule has 43 heavy (non-hydrogen) atoms. The molecule has 212 valence electrons. The highest BCUT2D eigenvalue weighted by Gasteiger charge is 2.45. The number of nitrogens with zero attached hydrogens (tertiary/aromatic N) is 3. The first-order valence-electron chi connectivity index (χ1n) is 14.4. The van der Waals surface area contributed by atoms with Gasteiger partial charge < -0.3 is 4.90 Å². The van der Waals surface area contributed by atoms with Gasteiger partial charge in [-0.1, -0.05) is 127 Å². The molecule has 0 saturated carbocycles. The molecule has 5 aromatic carbocycles. The van der Waals surface area contributed by atoms with Crippen LogP contribution in [0.2, 0.25) is 0 Å². The number of aliphatic imine (C=N–C) groups is 1. The third kappa shape index (κ3) is 4.74. The van der Waals surface area contributed by atoms with Crippen LogP contribution < -0.4 is 0 Å². The number of fused-ring (bicyclic) bond motifs is 1. The van der Waals surface area contributed by atoms with Gasteiger partial charge in [-0.15, -0.1) is 0 Å². The van der Waals surface area contributed by atoms with E-state index in [1.54, 1.807) is 18.3 Å². The van der Waals surface area contributed by atoms with E-state index in [-0.39, 0.29) is 4.90 Å². The lowest BCUT2D eigenvalue weighted by molar-refractivity contribution is 0.376. The molecule has 0 saturated heterocycles. The van der Waals surface area contributed by atoms with Crippen molar-refractivity contribution in [2.75, 3.05) is 6.54 Å². The Morgan fingerprint density at radius 1 is 0.721 bits per heavy atom. The number of amidine groups is 1. The zero-order chi connectivity index (χ0) is 29.4. The van der Waals surface area contributed by atoms with Crippen LogP contribution in [0.5, 0.6) is 0 Å². The fourth-order valence-corrected chi connectivity index (χ4v) is 7.45. The highest BCUT2D eigenvalue weighted by molar-refractivity contribution is 7.90. The second-order valence-electron chi connectivity index (χ2n) is 11.0. The van der Waals surface area contributed by atoms with Gasteiger partial charge in [-0.05, 0) is 36.2 Å². The molecule has 0 aliphatic carbocycles. The second-order valence-corrected chi connectivity index (χ2v) is 12.9. The van der Waals surface area contributed by atoms with Gasteiger partial charge in [0.2, 0.25) is 0 Å². The summed E-state index contributed by atoms with van der Waals surface area (Å²) in [5.74, 6) is 0.881. The van der Waals surface area contributed by atoms with Crippen molar-refractivity contribution >= 4 is 26.8 Å². The number of rotatable bonds is 7. The van der Waals surface area contributed by atoms with Crippen molar-refractivity contribution in [1.82, 2.24) is 8.87 Å². The van der Waals surface area contributed by atoms with Crippen molar-refractivity contribution < 1.29 is 8.42 Å². The number of aromatic nitrogens is 1. The van der Waals surface area contributed by atoms with E-state index in [9.17, 15) is 8.42 Å². The lowest BCUT2D eigenvalue weighted by atomic mass is 9.83. The van der Waals surface area contributed by atoms with E-state index in [4.69, 9.17) is 4.99 Å². The molecule has 1 atom stereocenters. The number of aryl methyl sites for hydroxylation is 1. The monoisotopic (exact) mass is 581 g/mol. The Hall–Kier alpha value is -4.94. The average Bonchev–Trinajstić information content (AvgIpc) is 3.63. The summed E-state index contributed by atoms with van der Waals surface area (Å²) in [7, 11) is -3.87. The summed E-state index contributed by atoms with van der Waals surface area (Å²) in [6.45, 7) is 3.17. The molecule has 0 fully saturated rings. The van der Waals surface area contributed by atoms with Crippen LogP contribution in [0.3, 0.4) is 0 Å². The fraction of sp³-hybridized carbons (Fsp3) is 0.108. The zero-order valence-electron chi connectivity index (χ0n) is 23.8. The predicted octanol–water partition coefficient (Wildman–Crippen LogP) is 7.39. The highest BCUT2D eigenvalue weighted by atomic mass is 32.2. The van der Waals surface area contributed by atoms with Crippen molar-refractivity contribution in [3.05, 3.63) is 174 Å². The molecule has 0 amide bonds. The van der Waals surface area contributed by atoms with Crippen molar-refractivity contribution in [3.8, 4) is 0 Å². The minimum absolute atomic E-state index is 0.254. The topological polar surface area (TPSA) is 54.7 Å². The van der Waals surface area contributed by atoms with Crippen LogP contribution in [-0.2, 0) is 22.1 Å². The molecule has 1 aromatic heterocycles. The Morgan fingerprint density at radius 3 is 2.02 bits per heavy atom. The Labute approximate surface area is 252 Å². The van der Waals surface area contributed by atoms with E-state index in [2.05, 4.69) is 53.4 Å². The summed E-state index contributed by atoms with van der Waals surface area (Å²) in [5, 5.41) is 0.861. The van der Waals surface area contributed by atoms with Crippen LogP contribution >= 0.6 is 0 Å². The Balaban J connectivity index is 1.48. The quantitative estimate of drug-likeness (QED) is 0.198. The minimum atomic E-state index is -3.87. The third-order valence-corrected chi connectivity index (χ3v) is 9.90. The molecular weight excluding hydrogens is 550 g/mol. The van der Waals surface area contributed by atoms with Gasteiger partial charge in [0.05, 0.1) is 17.0 Å². The number of benzene rings is 5. The SMILES string of the molecule is Cc1ccc(S(=O)(=O)n2cc(C3(c4ccccc4)CN(Cc4ccccc4)C(c4ccccc4)=N3)c3ccccc32)cc1. The predicted molar refractivity (Wildman–Crippen MR) is 173 cm³/mol. The number of hydrogen-bond acceptors (Lipinski definition) is 4. The molecule has 1 unspecified atom stereocenters. The molecule has 2 heterocycles. The average molecular weight is 582 g/mol. The van der Waals surface area contributed by atoms with Crippen molar-refractivity contribution in [2.45, 2.75) is 23.9 Å². The molecule has 0 radical (unpaired) electrons. The van der Waals surface area contributed by atoms with Crippen LogP contribution in [0.1, 0.15) is 27.8 Å². The maximum atomic E-state index is 14.1. The summed E-state index contributed by atoms with van der Waals surface area (Å²) < 4.78 is 29.7. The summed E-state index contributed by atoms with van der Waals surface area (Å²) in [6, 6.07) is 45.6. The number of para-hydroxylation sites is 1. The van der Waals surface area contributed by atoms with E-state index in [1.807, 2.05) is 85.8 Å². The first-order chi connectivity index (χ1) is 21.0. The fourth-order valence-electron chi connectivity index (χ4n) is 6.08. The Morgan fingerprint density at radius 2 is 1.33 bits per heavy atom. The van der Waals surface area contributed by atoms with Gasteiger partial charge >= 0.3 is 0 Å². The molecular formula is C37H31N3O2S. The van der Waals surface area contributed by atoms with Crippen LogP contribution in [0.15, 0.2) is 156 Å². The second kappa shape index (κ2) is 10.7. The molecule has 6 heteroatoms. The van der Waals surface area contributed by atoms with Gasteiger partial charge in [0.1, 0.15) is 11.4 Å². The molecule has 1 aliphatic heterocycles. The molecule has 0 spiro atoms. The molecule has 5 nitrogen and oxygen atoms in total. The maximum absolute atomic E-state index is 14.1. The lowest BCUT2D eigenvalue weighted by Gasteiger charge is -2.29. The van der Waals surface area contributed by atoms with E-state index < -0.39 is 15.6 Å². The van der Waals surface area contributed by atoms with Gasteiger partial charge in [0.25, 0.3) is 10.0 Å². The van der Waals surface area contributed by atoms with E-state index in [0.29, 0.717) is 18.6 Å². The molecule has 0 N–H and O–H groups in total. The Bertz CT molecular complexity index is 2040. The van der Waals surface area contributed by atoms with Gasteiger partial charge in [0, 0.05) is 29.3 Å². The van der Waals surface area contributed by atoms with Crippen molar-refractivity contribution in [3.63, 3.8) is 0 Å². The van der Waals surface area contributed by atoms with Gasteiger partial charge in [0.15, 0.2) is 0 Å². The normalized spacial score (nSPS) is 16.9. The van der Waals surface area contributed by atoms with Crippen molar-refractivity contribution in [2.24, 2.45) is 4.99 Å². The van der Waals surface area contributed by atoms with E-state index >= 15 is 0 Å². The van der Waals surface area contributed by atoms with Crippen LogP contribution in [0.4, 0.5) is 0 Å². The van der Waals surface area contributed by atoms with Crippen molar-refractivity contribution in [1.29, 1.82) is 0 Å². The molecule has 0 bridgehead atoms. The van der Waals surface area contributed by atoms with Crippen LogP contribution in [0.25, 0.3) is 10.9 Å². The largest absolute Gasteiger partial charge is 0.349 e. The zero-order valence-corrected chi connectivity index (χ0v) is 24.7. The smallest absolute Gasteiger partial charge is 0.268 e. The first kappa shape index (κ1) is 26.9. The lowest BCUT2D eigenvalue weighted by Crippen LogP contribution is -2.35. The third-order valence-electron chi connectivity index (χ3n) is 8.22. The van der Waals surface area contributed by atoms with Gasteiger partial charge in [-0.25, -0.2) is 17.4 Å². The highest BCUT2D eigenvalue weighted by Crippen LogP contribution is 2.44. The molecule has 1 aliphatic rings. The van der Waals surface area contributed by atoms with Gasteiger partial charge in [-0.2, -0.15) is 0 Å². The maximum Gasteiger partial charge on any atom is 0.268 e. The minimum Gasteiger partial charge on any atom is -0.349 e. The van der Waals surface area contributed by atoms with Gasteiger partial charge in [-0.3, -0.25) is 0 Å².